The lowest BCUT2D eigenvalue weighted by Crippen LogP contribution is -1.84. The molecule has 22 heavy (non-hydrogen) atoms. The predicted octanol–water partition coefficient (Wildman–Crippen LogP) is 5.69. The number of aromatic nitrogens is 1. The summed E-state index contributed by atoms with van der Waals surface area (Å²) in [4.78, 5) is 4.81. The molecule has 0 atom stereocenters. The van der Waals surface area contributed by atoms with Crippen molar-refractivity contribution in [3.63, 3.8) is 0 Å². The van der Waals surface area contributed by atoms with Crippen molar-refractivity contribution in [2.24, 2.45) is 0 Å². The molecule has 0 radical (unpaired) electrons. The van der Waals surface area contributed by atoms with Crippen molar-refractivity contribution in [3.05, 3.63) is 78.9 Å². The van der Waals surface area contributed by atoms with E-state index in [9.17, 15) is 0 Å². The zero-order chi connectivity index (χ0) is 14.5. The Bertz CT molecular complexity index is 988. The van der Waals surface area contributed by atoms with Crippen LogP contribution in [0.1, 0.15) is 0 Å². The summed E-state index contributed by atoms with van der Waals surface area (Å²) in [5, 5.41) is 7.45. The van der Waals surface area contributed by atoms with Gasteiger partial charge in [-0.3, -0.25) is 0 Å². The second-order valence-corrected chi connectivity index (χ2v) is 5.77. The maximum Gasteiger partial charge on any atom is 0.0716 e. The van der Waals surface area contributed by atoms with Crippen molar-refractivity contribution in [3.8, 4) is 0 Å². The number of para-hydroxylation sites is 1. The molecule has 4 aromatic carbocycles. The molecule has 0 aliphatic carbocycles. The van der Waals surface area contributed by atoms with Gasteiger partial charge in [-0.2, -0.15) is 0 Å². The van der Waals surface area contributed by atoms with Crippen molar-refractivity contribution < 1.29 is 0 Å². The second kappa shape index (κ2) is 4.28. The summed E-state index contributed by atoms with van der Waals surface area (Å²) in [5.74, 6) is 0. The normalized spacial score (nSPS) is 11.6. The third kappa shape index (κ3) is 1.69. The van der Waals surface area contributed by atoms with Crippen molar-refractivity contribution >= 4 is 43.4 Å². The molecule has 5 rings (SSSR count). The van der Waals surface area contributed by atoms with Crippen LogP contribution in [0.5, 0.6) is 0 Å². The van der Waals surface area contributed by atoms with Gasteiger partial charge in [-0.15, -0.1) is 0 Å². The van der Waals surface area contributed by atoms with Crippen LogP contribution in [-0.2, 0) is 0 Å². The highest BCUT2D eigenvalue weighted by atomic mass is 14.7. The quantitative estimate of drug-likeness (QED) is 0.332. The van der Waals surface area contributed by atoms with Crippen LogP contribution < -0.4 is 0 Å². The van der Waals surface area contributed by atoms with E-state index < -0.39 is 0 Å². The van der Waals surface area contributed by atoms with Gasteiger partial charge >= 0.3 is 0 Å². The van der Waals surface area contributed by atoms with Gasteiger partial charge in [-0.1, -0.05) is 42.5 Å². The first kappa shape index (κ1) is 11.7. The molecule has 102 valence electrons. The number of hydrogen-bond acceptors (Lipinski definition) is 1. The lowest BCUT2D eigenvalue weighted by Gasteiger charge is -2.06. The highest BCUT2D eigenvalue weighted by Crippen LogP contribution is 2.28. The van der Waals surface area contributed by atoms with E-state index in [1.54, 1.807) is 0 Å². The number of benzene rings is 4. The largest absolute Gasteiger partial charge is 0.248 e. The lowest BCUT2D eigenvalue weighted by atomic mass is 10.0. The first-order valence-corrected chi connectivity index (χ1v) is 7.49. The van der Waals surface area contributed by atoms with E-state index in [0.29, 0.717) is 0 Å². The van der Waals surface area contributed by atoms with E-state index in [1.165, 1.54) is 32.3 Å². The van der Waals surface area contributed by atoms with Gasteiger partial charge in [-0.25, -0.2) is 4.98 Å². The molecule has 0 N–H and O–H groups in total. The van der Waals surface area contributed by atoms with Crippen molar-refractivity contribution in [2.45, 2.75) is 0 Å². The molecular formula is C21H13N. The highest BCUT2D eigenvalue weighted by Gasteiger charge is 2.03. The van der Waals surface area contributed by atoms with Gasteiger partial charge in [0.25, 0.3) is 0 Å². The van der Waals surface area contributed by atoms with Gasteiger partial charge in [-0.05, 0) is 57.9 Å². The van der Waals surface area contributed by atoms with E-state index in [4.69, 9.17) is 4.98 Å². The molecule has 0 unspecified atom stereocenters. The zero-order valence-electron chi connectivity index (χ0n) is 12.0. The fraction of sp³-hybridized carbons (Fsp3) is 0. The van der Waals surface area contributed by atoms with E-state index in [0.717, 1.165) is 11.0 Å². The molecule has 1 heterocycles. The van der Waals surface area contributed by atoms with Crippen LogP contribution >= 0.6 is 0 Å². The molecule has 0 saturated heterocycles. The van der Waals surface area contributed by atoms with E-state index >= 15 is 0 Å². The molecule has 0 aliphatic heterocycles. The Hall–Kier alpha value is -2.93. The van der Waals surface area contributed by atoms with Crippen LogP contribution in [-0.4, -0.2) is 4.98 Å². The maximum atomic E-state index is 4.81. The molecule has 1 nitrogen and oxygen atoms in total. The molecular weight excluding hydrogens is 266 g/mol. The van der Waals surface area contributed by atoms with Crippen molar-refractivity contribution in [2.75, 3.05) is 0 Å². The summed E-state index contributed by atoms with van der Waals surface area (Å²) in [5.41, 5.74) is 2.11. The second-order valence-electron chi connectivity index (χ2n) is 5.77. The van der Waals surface area contributed by atoms with Crippen LogP contribution in [0.3, 0.4) is 0 Å². The Morgan fingerprint density at radius 3 is 1.73 bits per heavy atom. The van der Waals surface area contributed by atoms with Gasteiger partial charge in [0.2, 0.25) is 0 Å². The topological polar surface area (TPSA) is 12.9 Å². The van der Waals surface area contributed by atoms with Gasteiger partial charge in [0.15, 0.2) is 0 Å². The lowest BCUT2D eigenvalue weighted by molar-refractivity contribution is 1.51. The van der Waals surface area contributed by atoms with E-state index in [2.05, 4.69) is 72.8 Å². The fourth-order valence-corrected chi connectivity index (χ4v) is 3.22. The Morgan fingerprint density at radius 1 is 0.409 bits per heavy atom. The van der Waals surface area contributed by atoms with Gasteiger partial charge in [0.05, 0.1) is 11.0 Å². The number of pyridine rings is 1. The van der Waals surface area contributed by atoms with Crippen LogP contribution in [0.2, 0.25) is 0 Å². The predicted molar refractivity (Wildman–Crippen MR) is 94.3 cm³/mol. The summed E-state index contributed by atoms with van der Waals surface area (Å²) in [6.45, 7) is 0. The fourth-order valence-electron chi connectivity index (χ4n) is 3.22. The molecule has 0 spiro atoms. The summed E-state index contributed by atoms with van der Waals surface area (Å²) < 4.78 is 0. The Balaban J connectivity index is 1.93. The van der Waals surface area contributed by atoms with Crippen molar-refractivity contribution in [1.82, 2.24) is 4.98 Å². The molecule has 0 saturated carbocycles. The average Bonchev–Trinajstić information content (AvgIpc) is 2.56. The molecule has 0 amide bonds. The molecule has 0 fully saturated rings. The number of nitrogens with zero attached hydrogens (tertiary/aromatic N) is 1. The molecule has 1 aromatic heterocycles. The van der Waals surface area contributed by atoms with E-state index in [-0.39, 0.29) is 0 Å². The summed E-state index contributed by atoms with van der Waals surface area (Å²) in [6.07, 6.45) is 0. The monoisotopic (exact) mass is 279 g/mol. The van der Waals surface area contributed by atoms with Gasteiger partial charge in [0, 0.05) is 10.8 Å². The minimum absolute atomic E-state index is 1.05. The minimum atomic E-state index is 1.05. The molecule has 1 heteroatoms. The van der Waals surface area contributed by atoms with Crippen LogP contribution in [0.15, 0.2) is 78.9 Å². The van der Waals surface area contributed by atoms with E-state index in [1.807, 2.05) is 6.07 Å². The molecule has 5 aromatic rings. The first-order chi connectivity index (χ1) is 10.9. The van der Waals surface area contributed by atoms with Crippen molar-refractivity contribution in [1.29, 1.82) is 0 Å². The standard InChI is InChI=1S/C21H13N/c1-2-6-15-10-18-13-21-19(12-17(18)9-14(15)5-1)11-16-7-3-4-8-20(16)22-21/h1-13H. The maximum absolute atomic E-state index is 4.81. The van der Waals surface area contributed by atoms with Crippen LogP contribution in [0.25, 0.3) is 43.4 Å². The number of hydrogen-bond donors (Lipinski definition) is 0. The molecule has 0 bridgehead atoms. The number of rotatable bonds is 0. The minimum Gasteiger partial charge on any atom is -0.248 e. The summed E-state index contributed by atoms with van der Waals surface area (Å²) in [7, 11) is 0. The van der Waals surface area contributed by atoms with Gasteiger partial charge in [0.1, 0.15) is 0 Å². The Morgan fingerprint density at radius 2 is 0.955 bits per heavy atom. The Labute approximate surface area is 127 Å². The zero-order valence-corrected chi connectivity index (χ0v) is 12.0. The smallest absolute Gasteiger partial charge is 0.0716 e. The SMILES string of the molecule is c1ccc2cc3cc4nc5ccccc5cc4cc3cc2c1. The summed E-state index contributed by atoms with van der Waals surface area (Å²) in [6, 6.07) is 28.0. The first-order valence-electron chi connectivity index (χ1n) is 7.49. The third-order valence-corrected chi connectivity index (χ3v) is 4.34. The third-order valence-electron chi connectivity index (χ3n) is 4.34. The Kier molecular flexibility index (Phi) is 2.28. The number of fused-ring (bicyclic) bond motifs is 4. The molecule has 0 aliphatic rings. The van der Waals surface area contributed by atoms with Crippen LogP contribution in [0, 0.1) is 0 Å². The van der Waals surface area contributed by atoms with Crippen LogP contribution in [0.4, 0.5) is 0 Å². The van der Waals surface area contributed by atoms with Gasteiger partial charge < -0.3 is 0 Å². The average molecular weight is 279 g/mol. The summed E-state index contributed by atoms with van der Waals surface area (Å²) >= 11 is 0. The highest BCUT2D eigenvalue weighted by molar-refractivity contribution is 6.05.